The molecule has 8 aromatic carbocycles. The summed E-state index contributed by atoms with van der Waals surface area (Å²) in [6.07, 6.45) is 3.05. The molecule has 2 heterocycles. The Balaban J connectivity index is 1.11. The first-order chi connectivity index (χ1) is 29.1. The third kappa shape index (κ3) is 4.97. The maximum absolute atomic E-state index is 12.3. The number of carbonyl (C=O) groups excluding carboxylic acids is 1. The number of fused-ring (bicyclic) bond motifs is 13. The molecule has 2 atom stereocenters. The molecular formula is C54H38IN3O. The van der Waals surface area contributed by atoms with Crippen LogP contribution in [0.5, 0.6) is 0 Å². The largest absolute Gasteiger partial charge is 0.362 e. The molecule has 0 amide bonds. The molecule has 1 aromatic heterocycles. The van der Waals surface area contributed by atoms with Gasteiger partial charge in [-0.25, -0.2) is 0 Å². The van der Waals surface area contributed by atoms with E-state index in [1.165, 1.54) is 69.9 Å². The van der Waals surface area contributed by atoms with Crippen molar-refractivity contribution >= 4 is 73.4 Å². The van der Waals surface area contributed by atoms with Crippen LogP contribution in [-0.2, 0) is 10.2 Å². The molecule has 2 aliphatic carbocycles. The molecular weight excluding hydrogens is 834 g/mol. The summed E-state index contributed by atoms with van der Waals surface area (Å²) in [5.74, 6) is 0. The van der Waals surface area contributed by atoms with Gasteiger partial charge in [0, 0.05) is 49.3 Å². The quantitative estimate of drug-likeness (QED) is 0.123. The van der Waals surface area contributed by atoms with E-state index < -0.39 is 5.41 Å². The summed E-state index contributed by atoms with van der Waals surface area (Å²) in [4.78, 5) is 17.0. The van der Waals surface area contributed by atoms with Crippen molar-refractivity contribution in [2.75, 3.05) is 16.3 Å². The fraction of sp³-hybridized carbons (Fsp3) is 0.0926. The number of carbonyl (C=O) groups is 1. The lowest BCUT2D eigenvalue weighted by Gasteiger charge is -2.33. The highest BCUT2D eigenvalue weighted by molar-refractivity contribution is 14.1. The number of aldehydes is 1. The zero-order valence-corrected chi connectivity index (χ0v) is 34.4. The molecule has 12 rings (SSSR count). The van der Waals surface area contributed by atoms with Crippen molar-refractivity contribution in [1.82, 2.24) is 4.57 Å². The van der Waals surface area contributed by atoms with Gasteiger partial charge in [0.15, 0.2) is 0 Å². The molecule has 59 heavy (non-hydrogen) atoms. The smallest absolute Gasteiger partial charge is 0.142 e. The maximum atomic E-state index is 12.3. The van der Waals surface area contributed by atoms with E-state index >= 15 is 0 Å². The van der Waals surface area contributed by atoms with Gasteiger partial charge in [0.05, 0.1) is 22.5 Å². The van der Waals surface area contributed by atoms with Crippen LogP contribution >= 0.6 is 22.6 Å². The Kier molecular flexibility index (Phi) is 7.80. The Morgan fingerprint density at radius 3 is 1.98 bits per heavy atom. The van der Waals surface area contributed by atoms with Crippen molar-refractivity contribution in [2.45, 2.75) is 24.3 Å². The fourth-order valence-electron chi connectivity index (χ4n) is 10.7. The monoisotopic (exact) mass is 871 g/mol. The van der Waals surface area contributed by atoms with Gasteiger partial charge in [-0.2, -0.15) is 0 Å². The fourth-order valence-corrected chi connectivity index (χ4v) is 11.2. The van der Waals surface area contributed by atoms with Crippen molar-refractivity contribution in [3.8, 4) is 27.9 Å². The predicted molar refractivity (Wildman–Crippen MR) is 251 cm³/mol. The molecule has 5 heteroatoms. The summed E-state index contributed by atoms with van der Waals surface area (Å²) in [6, 6.07) is 67.1. The van der Waals surface area contributed by atoms with Crippen LogP contribution in [0.2, 0.25) is 0 Å². The second-order valence-electron chi connectivity index (χ2n) is 16.0. The average Bonchev–Trinajstić information content (AvgIpc) is 4.04. The van der Waals surface area contributed by atoms with Gasteiger partial charge in [-0.15, -0.1) is 0 Å². The van der Waals surface area contributed by atoms with E-state index in [1.807, 2.05) is 0 Å². The third-order valence-electron chi connectivity index (χ3n) is 13.1. The molecule has 0 radical (unpaired) electrons. The van der Waals surface area contributed by atoms with E-state index in [4.69, 9.17) is 0 Å². The number of aromatic nitrogens is 1. The number of benzene rings is 8. The molecule has 0 bridgehead atoms. The predicted octanol–water partition coefficient (Wildman–Crippen LogP) is 13.4. The molecule has 0 saturated carbocycles. The van der Waals surface area contributed by atoms with Gasteiger partial charge < -0.3 is 19.2 Å². The maximum Gasteiger partial charge on any atom is 0.142 e. The van der Waals surface area contributed by atoms with E-state index in [2.05, 4.69) is 219 Å². The zero-order chi connectivity index (χ0) is 39.2. The van der Waals surface area contributed by atoms with Crippen LogP contribution in [0, 0.1) is 3.57 Å². The molecule has 1 unspecified atom stereocenters. The standard InChI is InChI=1S/C54H38IN3O/c55-35-21-25-43-45-26-22-38(56-29-11-16-41(56)34-59)32-50(45)54(49(43)30-35)48-19-9-7-17-42(48)44-27-23-40(33-51(44)54)57(36-12-3-1-4-13-36)39-24-28-53-47(31-39)46-18-8-10-20-52(46)58(53)37-14-5-2-6-15-37/h1-10,12-15,17-28,30-34,41H,11,16,29H2/t41-,54?/m0/s1. The third-order valence-corrected chi connectivity index (χ3v) is 13.8. The summed E-state index contributed by atoms with van der Waals surface area (Å²) in [6.45, 7) is 0.887. The van der Waals surface area contributed by atoms with Crippen LogP contribution < -0.4 is 9.80 Å². The highest BCUT2D eigenvalue weighted by atomic mass is 127. The lowest BCUT2D eigenvalue weighted by atomic mass is 9.70. The Morgan fingerprint density at radius 2 is 1.15 bits per heavy atom. The van der Waals surface area contributed by atoms with Gasteiger partial charge >= 0.3 is 0 Å². The van der Waals surface area contributed by atoms with E-state index in [0.717, 1.165) is 54.1 Å². The van der Waals surface area contributed by atoms with Crippen LogP contribution in [0.15, 0.2) is 182 Å². The van der Waals surface area contributed by atoms with Crippen molar-refractivity contribution in [3.05, 3.63) is 208 Å². The molecule has 3 aliphatic rings. The van der Waals surface area contributed by atoms with E-state index in [9.17, 15) is 4.79 Å². The first kappa shape index (κ1) is 34.6. The normalized spacial score (nSPS) is 17.3. The van der Waals surface area contributed by atoms with E-state index in [-0.39, 0.29) is 6.04 Å². The number of nitrogens with zero attached hydrogens (tertiary/aromatic N) is 3. The average molecular weight is 872 g/mol. The van der Waals surface area contributed by atoms with Crippen molar-refractivity contribution in [1.29, 1.82) is 0 Å². The van der Waals surface area contributed by atoms with Crippen molar-refractivity contribution in [3.63, 3.8) is 0 Å². The molecule has 1 aliphatic heterocycles. The summed E-state index contributed by atoms with van der Waals surface area (Å²) in [5, 5.41) is 2.44. The second kappa shape index (κ2) is 13.3. The number of para-hydroxylation sites is 3. The first-order valence-electron chi connectivity index (χ1n) is 20.5. The van der Waals surface area contributed by atoms with Gasteiger partial charge in [0.2, 0.25) is 0 Å². The number of halogens is 1. The van der Waals surface area contributed by atoms with Gasteiger partial charge in [0.1, 0.15) is 6.29 Å². The van der Waals surface area contributed by atoms with Crippen LogP contribution in [0.25, 0.3) is 49.7 Å². The first-order valence-corrected chi connectivity index (χ1v) is 21.6. The topological polar surface area (TPSA) is 28.5 Å². The van der Waals surface area contributed by atoms with Crippen LogP contribution in [-0.4, -0.2) is 23.4 Å². The SMILES string of the molecule is O=C[C@@H]1CCCN1c1ccc2c(c1)C1(c3ccccc3-c3ccc(N(c4ccccc4)c4ccc5c(c4)c4ccccc4n5-c4ccccc4)cc31)c1cc(I)ccc1-2. The van der Waals surface area contributed by atoms with Gasteiger partial charge in [0.25, 0.3) is 0 Å². The number of hydrogen-bond acceptors (Lipinski definition) is 3. The highest BCUT2D eigenvalue weighted by Gasteiger charge is 2.52. The van der Waals surface area contributed by atoms with E-state index in [1.54, 1.807) is 0 Å². The number of hydrogen-bond donors (Lipinski definition) is 0. The number of anilines is 4. The summed E-state index contributed by atoms with van der Waals surface area (Å²) in [5.41, 5.74) is 17.6. The van der Waals surface area contributed by atoms with Crippen molar-refractivity contribution < 1.29 is 4.79 Å². The minimum Gasteiger partial charge on any atom is -0.362 e. The Morgan fingerprint density at radius 1 is 0.525 bits per heavy atom. The minimum atomic E-state index is -0.546. The molecule has 1 fully saturated rings. The molecule has 1 spiro atoms. The van der Waals surface area contributed by atoms with Crippen LogP contribution in [0.3, 0.4) is 0 Å². The van der Waals surface area contributed by atoms with Crippen molar-refractivity contribution in [2.24, 2.45) is 0 Å². The zero-order valence-electron chi connectivity index (χ0n) is 32.2. The lowest BCUT2D eigenvalue weighted by Crippen LogP contribution is -2.31. The Labute approximate surface area is 357 Å². The summed E-state index contributed by atoms with van der Waals surface area (Å²) < 4.78 is 3.59. The Hall–Kier alpha value is -6.44. The Bertz CT molecular complexity index is 3150. The number of rotatable bonds is 6. The van der Waals surface area contributed by atoms with Gasteiger partial charge in [-0.3, -0.25) is 0 Å². The highest BCUT2D eigenvalue weighted by Crippen LogP contribution is 2.64. The lowest BCUT2D eigenvalue weighted by molar-refractivity contribution is -0.108. The van der Waals surface area contributed by atoms with Crippen LogP contribution in [0.4, 0.5) is 22.7 Å². The summed E-state index contributed by atoms with van der Waals surface area (Å²) >= 11 is 2.48. The molecule has 9 aromatic rings. The molecule has 282 valence electrons. The molecule has 4 nitrogen and oxygen atoms in total. The van der Waals surface area contributed by atoms with Crippen LogP contribution in [0.1, 0.15) is 35.1 Å². The minimum absolute atomic E-state index is 0.0954. The van der Waals surface area contributed by atoms with Gasteiger partial charge in [-0.05, 0) is 165 Å². The molecule has 0 N–H and O–H groups in total. The van der Waals surface area contributed by atoms with E-state index in [0.29, 0.717) is 0 Å². The second-order valence-corrected chi connectivity index (χ2v) is 17.3. The summed E-state index contributed by atoms with van der Waals surface area (Å²) in [7, 11) is 0. The van der Waals surface area contributed by atoms with Gasteiger partial charge in [-0.1, -0.05) is 97.1 Å². The molecule has 1 saturated heterocycles.